The van der Waals surface area contributed by atoms with Crippen LogP contribution in [-0.4, -0.2) is 0 Å². The second-order valence-corrected chi connectivity index (χ2v) is 11.7. The van der Waals surface area contributed by atoms with Crippen molar-refractivity contribution in [3.8, 4) is 0 Å². The van der Waals surface area contributed by atoms with Crippen LogP contribution in [0.1, 0.15) is 0 Å². The maximum atomic E-state index is 14.8. The summed E-state index contributed by atoms with van der Waals surface area (Å²) in [5, 5.41) is 4.86. The minimum absolute atomic E-state index is 0.819. The number of nitrogens with zero attached hydrogens (tertiary/aromatic N) is 1. The summed E-state index contributed by atoms with van der Waals surface area (Å²) >= 11 is 0. The third-order valence-electron chi connectivity index (χ3n) is 6.73. The maximum Gasteiger partial charge on any atom is 0.171 e. The summed E-state index contributed by atoms with van der Waals surface area (Å²) in [6.07, 6.45) is 0. The predicted octanol–water partition coefficient (Wildman–Crippen LogP) is 7.95. The molecule has 37 heavy (non-hydrogen) atoms. The smallest absolute Gasteiger partial charge is 0.171 e. The average molecular weight is 496 g/mol. The Hall–Kier alpha value is -4.39. The van der Waals surface area contributed by atoms with Crippen LogP contribution in [0.4, 0.5) is 17.1 Å². The Kier molecular flexibility index (Phi) is 6.18. The first-order valence-corrected chi connectivity index (χ1v) is 14.1. The van der Waals surface area contributed by atoms with Crippen LogP contribution in [0.2, 0.25) is 0 Å². The fraction of sp³-hybridized carbons (Fsp3) is 0. The molecule has 0 amide bonds. The molecule has 0 spiro atoms. The van der Waals surface area contributed by atoms with Crippen molar-refractivity contribution in [1.82, 2.24) is 0 Å². The molecular formula is C34H26NOP. The van der Waals surface area contributed by atoms with Crippen molar-refractivity contribution >= 4 is 50.9 Å². The van der Waals surface area contributed by atoms with Gasteiger partial charge in [0, 0.05) is 32.7 Å². The Balaban J connectivity index is 1.51. The number of hydrogen-bond acceptors (Lipinski definition) is 2. The van der Waals surface area contributed by atoms with Crippen LogP contribution in [0.3, 0.4) is 0 Å². The molecule has 6 aromatic rings. The van der Waals surface area contributed by atoms with Gasteiger partial charge in [-0.2, -0.15) is 0 Å². The lowest BCUT2D eigenvalue weighted by Crippen LogP contribution is -2.25. The Morgan fingerprint density at radius 2 is 0.865 bits per heavy atom. The van der Waals surface area contributed by atoms with E-state index < -0.39 is 7.14 Å². The lowest BCUT2D eigenvalue weighted by molar-refractivity contribution is 0.592. The monoisotopic (exact) mass is 495 g/mol. The van der Waals surface area contributed by atoms with Crippen LogP contribution in [0, 0.1) is 0 Å². The summed E-state index contributed by atoms with van der Waals surface area (Å²) in [4.78, 5) is 2.27. The van der Waals surface area contributed by atoms with Crippen LogP contribution in [0.25, 0.3) is 10.8 Å². The molecule has 0 atom stereocenters. The minimum Gasteiger partial charge on any atom is -0.310 e. The number of benzene rings is 6. The topological polar surface area (TPSA) is 20.3 Å². The van der Waals surface area contributed by atoms with Gasteiger partial charge < -0.3 is 9.46 Å². The standard InChI is InChI=1S/C34H26NOP/c36-37(30-17-6-2-7-18-30,31-19-8-3-9-20-31)32-25-23-29(24-26-32)35(28-15-4-1-5-16-28)34-22-12-14-27-13-10-11-21-33(27)34/h1-26H. The van der Waals surface area contributed by atoms with E-state index in [9.17, 15) is 4.57 Å². The van der Waals surface area contributed by atoms with Crippen molar-refractivity contribution in [2.24, 2.45) is 0 Å². The van der Waals surface area contributed by atoms with Gasteiger partial charge in [-0.25, -0.2) is 0 Å². The van der Waals surface area contributed by atoms with Gasteiger partial charge >= 0.3 is 0 Å². The zero-order valence-electron chi connectivity index (χ0n) is 20.3. The molecule has 6 aromatic carbocycles. The molecule has 0 aliphatic heterocycles. The van der Waals surface area contributed by atoms with E-state index in [1.807, 2.05) is 78.9 Å². The lowest BCUT2D eigenvalue weighted by Gasteiger charge is -2.27. The molecule has 2 nitrogen and oxygen atoms in total. The number of hydrogen-bond donors (Lipinski definition) is 0. The summed E-state index contributed by atoms with van der Waals surface area (Å²) in [6.45, 7) is 0. The van der Waals surface area contributed by atoms with E-state index in [0.717, 1.165) is 33.0 Å². The van der Waals surface area contributed by atoms with Crippen molar-refractivity contribution in [2.45, 2.75) is 0 Å². The average Bonchev–Trinajstić information content (AvgIpc) is 2.99. The van der Waals surface area contributed by atoms with E-state index in [1.54, 1.807) is 0 Å². The summed E-state index contributed by atoms with van der Waals surface area (Å²) < 4.78 is 14.8. The zero-order chi connectivity index (χ0) is 25.1. The van der Waals surface area contributed by atoms with Crippen molar-refractivity contribution < 1.29 is 4.57 Å². The van der Waals surface area contributed by atoms with Gasteiger partial charge in [0.25, 0.3) is 0 Å². The van der Waals surface area contributed by atoms with E-state index in [1.165, 1.54) is 10.8 Å². The highest BCUT2D eigenvalue weighted by Crippen LogP contribution is 2.44. The molecule has 0 fully saturated rings. The van der Waals surface area contributed by atoms with Gasteiger partial charge in [0.05, 0.1) is 5.69 Å². The van der Waals surface area contributed by atoms with Crippen LogP contribution < -0.4 is 20.8 Å². The van der Waals surface area contributed by atoms with Crippen molar-refractivity contribution in [1.29, 1.82) is 0 Å². The molecular weight excluding hydrogens is 469 g/mol. The van der Waals surface area contributed by atoms with E-state index in [4.69, 9.17) is 0 Å². The molecule has 0 aromatic heterocycles. The second-order valence-electron chi connectivity index (χ2n) is 8.97. The van der Waals surface area contributed by atoms with E-state index in [-0.39, 0.29) is 0 Å². The summed E-state index contributed by atoms with van der Waals surface area (Å²) in [6, 6.07) is 53.1. The fourth-order valence-electron chi connectivity index (χ4n) is 4.94. The molecule has 0 aliphatic carbocycles. The number of anilines is 3. The third-order valence-corrected chi connectivity index (χ3v) is 9.81. The molecule has 0 saturated heterocycles. The highest BCUT2D eigenvalue weighted by atomic mass is 31.2. The lowest BCUT2D eigenvalue weighted by atomic mass is 10.1. The van der Waals surface area contributed by atoms with Crippen molar-refractivity contribution in [2.75, 3.05) is 4.90 Å². The molecule has 6 rings (SSSR count). The maximum absolute atomic E-state index is 14.8. The predicted molar refractivity (Wildman–Crippen MR) is 158 cm³/mol. The van der Waals surface area contributed by atoms with Crippen LogP contribution >= 0.6 is 7.14 Å². The van der Waals surface area contributed by atoms with Gasteiger partial charge in [0.1, 0.15) is 0 Å². The minimum atomic E-state index is -3.03. The van der Waals surface area contributed by atoms with E-state index in [0.29, 0.717) is 0 Å². The molecule has 0 unspecified atom stereocenters. The molecule has 0 heterocycles. The first-order chi connectivity index (χ1) is 18.2. The van der Waals surface area contributed by atoms with Gasteiger partial charge in [-0.05, 0) is 47.9 Å². The highest BCUT2D eigenvalue weighted by Gasteiger charge is 2.29. The van der Waals surface area contributed by atoms with Gasteiger partial charge in [0.2, 0.25) is 0 Å². The van der Waals surface area contributed by atoms with Crippen LogP contribution in [0.5, 0.6) is 0 Å². The van der Waals surface area contributed by atoms with E-state index in [2.05, 4.69) is 83.8 Å². The molecule has 0 N–H and O–H groups in total. The quantitative estimate of drug-likeness (QED) is 0.219. The van der Waals surface area contributed by atoms with Crippen molar-refractivity contribution in [3.63, 3.8) is 0 Å². The number of para-hydroxylation sites is 1. The fourth-order valence-corrected chi connectivity index (χ4v) is 7.59. The Morgan fingerprint density at radius 3 is 1.49 bits per heavy atom. The van der Waals surface area contributed by atoms with Gasteiger partial charge in [-0.15, -0.1) is 0 Å². The molecule has 0 radical (unpaired) electrons. The summed E-state index contributed by atoms with van der Waals surface area (Å²) in [7, 11) is -3.03. The Bertz CT molecular complexity index is 1630. The van der Waals surface area contributed by atoms with Crippen LogP contribution in [-0.2, 0) is 4.57 Å². The van der Waals surface area contributed by atoms with Gasteiger partial charge in [-0.3, -0.25) is 0 Å². The normalized spacial score (nSPS) is 11.4. The van der Waals surface area contributed by atoms with Crippen molar-refractivity contribution in [3.05, 3.63) is 158 Å². The molecule has 0 aliphatic rings. The van der Waals surface area contributed by atoms with E-state index >= 15 is 0 Å². The van der Waals surface area contributed by atoms with Crippen LogP contribution in [0.15, 0.2) is 158 Å². The Labute approximate surface area is 217 Å². The first-order valence-electron chi connectivity index (χ1n) is 12.4. The number of rotatable bonds is 6. The second kappa shape index (κ2) is 9.93. The summed E-state index contributed by atoms with van der Waals surface area (Å²) in [5.74, 6) is 0. The zero-order valence-corrected chi connectivity index (χ0v) is 21.2. The molecule has 0 saturated carbocycles. The molecule has 0 bridgehead atoms. The summed E-state index contributed by atoms with van der Waals surface area (Å²) in [5.41, 5.74) is 3.19. The number of fused-ring (bicyclic) bond motifs is 1. The largest absolute Gasteiger partial charge is 0.310 e. The van der Waals surface area contributed by atoms with Gasteiger partial charge in [0.15, 0.2) is 7.14 Å². The third kappa shape index (κ3) is 4.27. The Morgan fingerprint density at radius 1 is 0.405 bits per heavy atom. The SMILES string of the molecule is O=P(c1ccccc1)(c1ccccc1)c1ccc(N(c2ccccc2)c2cccc3ccccc23)cc1. The first kappa shape index (κ1) is 23.0. The molecule has 3 heteroatoms. The van der Waals surface area contributed by atoms with Gasteiger partial charge in [-0.1, -0.05) is 115 Å². The highest BCUT2D eigenvalue weighted by molar-refractivity contribution is 7.85. The molecule has 178 valence electrons.